The van der Waals surface area contributed by atoms with Gasteiger partial charge in [0, 0.05) is 13.1 Å². The smallest absolute Gasteiger partial charge is 0.309 e. The molecule has 0 heterocycles. The maximum Gasteiger partial charge on any atom is 0.309 e. The van der Waals surface area contributed by atoms with Gasteiger partial charge in [0.15, 0.2) is 0 Å². The van der Waals surface area contributed by atoms with Crippen LogP contribution in [0.3, 0.4) is 0 Å². The number of nitrogens with one attached hydrogen (secondary N) is 1. The van der Waals surface area contributed by atoms with Crippen molar-refractivity contribution in [1.82, 2.24) is 5.32 Å². The first kappa shape index (κ1) is 13.2. The molecule has 0 aromatic heterocycles. The maximum absolute atomic E-state index is 11.2. The normalized spacial score (nSPS) is 12.0. The molecule has 0 saturated carbocycles. The van der Waals surface area contributed by atoms with Crippen LogP contribution in [0.2, 0.25) is 0 Å². The second-order valence-electron chi connectivity index (χ2n) is 3.59. The standard InChI is InChI=1S/C11H21NO2/c1-5-14-11(13)10(4)8-12-7-6-9(2)3/h6,10,12H,5,7-8H2,1-4H3. The monoisotopic (exact) mass is 199 g/mol. The van der Waals surface area contributed by atoms with Crippen molar-refractivity contribution < 1.29 is 9.53 Å². The van der Waals surface area contributed by atoms with Crippen molar-refractivity contribution in [2.24, 2.45) is 5.92 Å². The molecule has 0 aliphatic carbocycles. The zero-order valence-electron chi connectivity index (χ0n) is 9.59. The summed E-state index contributed by atoms with van der Waals surface area (Å²) < 4.78 is 4.89. The Labute approximate surface area is 86.5 Å². The molecule has 3 nitrogen and oxygen atoms in total. The fourth-order valence-corrected chi connectivity index (χ4v) is 0.944. The van der Waals surface area contributed by atoms with Crippen LogP contribution in [0, 0.1) is 5.92 Å². The average Bonchev–Trinajstić information content (AvgIpc) is 2.12. The number of allylic oxidation sites excluding steroid dienone is 1. The van der Waals surface area contributed by atoms with Gasteiger partial charge in [-0.15, -0.1) is 0 Å². The molecular weight excluding hydrogens is 178 g/mol. The third-order valence-corrected chi connectivity index (χ3v) is 1.79. The largest absolute Gasteiger partial charge is 0.466 e. The molecule has 0 spiro atoms. The minimum Gasteiger partial charge on any atom is -0.466 e. The van der Waals surface area contributed by atoms with Gasteiger partial charge in [0.05, 0.1) is 12.5 Å². The molecule has 0 amide bonds. The molecule has 0 bridgehead atoms. The Morgan fingerprint density at radius 2 is 2.14 bits per heavy atom. The number of ether oxygens (including phenoxy) is 1. The van der Waals surface area contributed by atoms with Crippen LogP contribution >= 0.6 is 0 Å². The first-order valence-corrected chi connectivity index (χ1v) is 5.08. The Morgan fingerprint density at radius 1 is 1.50 bits per heavy atom. The van der Waals surface area contributed by atoms with E-state index in [1.807, 2.05) is 13.8 Å². The minimum absolute atomic E-state index is 0.0690. The molecular formula is C11H21NO2. The van der Waals surface area contributed by atoms with E-state index in [1.165, 1.54) is 5.57 Å². The fraction of sp³-hybridized carbons (Fsp3) is 0.727. The van der Waals surface area contributed by atoms with Crippen molar-refractivity contribution in [3.05, 3.63) is 11.6 Å². The van der Waals surface area contributed by atoms with E-state index in [0.717, 1.165) is 6.54 Å². The number of hydrogen-bond donors (Lipinski definition) is 1. The second-order valence-corrected chi connectivity index (χ2v) is 3.59. The van der Waals surface area contributed by atoms with Crippen molar-refractivity contribution in [1.29, 1.82) is 0 Å². The van der Waals surface area contributed by atoms with E-state index in [4.69, 9.17) is 4.74 Å². The van der Waals surface area contributed by atoms with Gasteiger partial charge < -0.3 is 10.1 Å². The van der Waals surface area contributed by atoms with Crippen LogP contribution in [-0.2, 0) is 9.53 Å². The van der Waals surface area contributed by atoms with Gasteiger partial charge in [-0.1, -0.05) is 18.6 Å². The lowest BCUT2D eigenvalue weighted by Gasteiger charge is -2.10. The van der Waals surface area contributed by atoms with Crippen LogP contribution in [0.15, 0.2) is 11.6 Å². The summed E-state index contributed by atoms with van der Waals surface area (Å²) in [5.41, 5.74) is 1.28. The lowest BCUT2D eigenvalue weighted by atomic mass is 10.2. The predicted molar refractivity (Wildman–Crippen MR) is 58.1 cm³/mol. The number of rotatable bonds is 6. The summed E-state index contributed by atoms with van der Waals surface area (Å²) in [6.07, 6.45) is 2.10. The molecule has 0 aromatic rings. The van der Waals surface area contributed by atoms with Crippen molar-refractivity contribution in [3.63, 3.8) is 0 Å². The number of carbonyl (C=O) groups excluding carboxylic acids is 1. The zero-order chi connectivity index (χ0) is 11.0. The summed E-state index contributed by atoms with van der Waals surface area (Å²) in [6, 6.07) is 0. The Kier molecular flexibility index (Phi) is 7.11. The lowest BCUT2D eigenvalue weighted by molar-refractivity contribution is -0.147. The topological polar surface area (TPSA) is 38.3 Å². The van der Waals surface area contributed by atoms with Crippen molar-refractivity contribution in [3.8, 4) is 0 Å². The zero-order valence-corrected chi connectivity index (χ0v) is 9.59. The highest BCUT2D eigenvalue weighted by atomic mass is 16.5. The van der Waals surface area contributed by atoms with Gasteiger partial charge in [-0.2, -0.15) is 0 Å². The summed E-state index contributed by atoms with van der Waals surface area (Å²) in [6.45, 7) is 9.73. The van der Waals surface area contributed by atoms with E-state index in [9.17, 15) is 4.79 Å². The molecule has 1 unspecified atom stereocenters. The van der Waals surface area contributed by atoms with E-state index in [-0.39, 0.29) is 11.9 Å². The van der Waals surface area contributed by atoms with E-state index >= 15 is 0 Å². The second kappa shape index (κ2) is 7.56. The molecule has 0 aromatic carbocycles. The first-order valence-electron chi connectivity index (χ1n) is 5.08. The van der Waals surface area contributed by atoms with Crippen molar-refractivity contribution in [2.75, 3.05) is 19.7 Å². The van der Waals surface area contributed by atoms with Crippen LogP contribution in [0.4, 0.5) is 0 Å². The minimum atomic E-state index is -0.128. The Morgan fingerprint density at radius 3 is 2.64 bits per heavy atom. The number of carbonyl (C=O) groups is 1. The van der Waals surface area contributed by atoms with Crippen LogP contribution < -0.4 is 5.32 Å². The molecule has 1 atom stereocenters. The summed E-state index contributed by atoms with van der Waals surface area (Å²) in [4.78, 5) is 11.2. The van der Waals surface area contributed by atoms with E-state index in [2.05, 4.69) is 25.2 Å². The summed E-state index contributed by atoms with van der Waals surface area (Å²) >= 11 is 0. The van der Waals surface area contributed by atoms with Gasteiger partial charge in [0.25, 0.3) is 0 Å². The number of esters is 1. The molecule has 0 fully saturated rings. The molecule has 0 aliphatic rings. The highest BCUT2D eigenvalue weighted by molar-refractivity contribution is 5.72. The summed E-state index contributed by atoms with van der Waals surface area (Å²) in [5.74, 6) is -0.197. The maximum atomic E-state index is 11.2. The highest BCUT2D eigenvalue weighted by Gasteiger charge is 2.12. The molecule has 0 saturated heterocycles. The molecule has 14 heavy (non-hydrogen) atoms. The Hall–Kier alpha value is -0.830. The molecule has 0 radical (unpaired) electrons. The van der Waals surface area contributed by atoms with Gasteiger partial charge in [0.1, 0.15) is 0 Å². The summed E-state index contributed by atoms with van der Waals surface area (Å²) in [5, 5.41) is 3.18. The van der Waals surface area contributed by atoms with Gasteiger partial charge in [-0.3, -0.25) is 4.79 Å². The molecule has 82 valence electrons. The van der Waals surface area contributed by atoms with Gasteiger partial charge >= 0.3 is 5.97 Å². The van der Waals surface area contributed by atoms with E-state index in [0.29, 0.717) is 13.2 Å². The average molecular weight is 199 g/mol. The SMILES string of the molecule is CCOC(=O)C(C)CNCC=C(C)C. The third-order valence-electron chi connectivity index (χ3n) is 1.79. The quantitative estimate of drug-likeness (QED) is 0.402. The van der Waals surface area contributed by atoms with Crippen molar-refractivity contribution in [2.45, 2.75) is 27.7 Å². The van der Waals surface area contributed by atoms with Gasteiger partial charge in [-0.25, -0.2) is 0 Å². The number of hydrogen-bond acceptors (Lipinski definition) is 3. The van der Waals surface area contributed by atoms with Gasteiger partial charge in [0.2, 0.25) is 0 Å². The van der Waals surface area contributed by atoms with E-state index < -0.39 is 0 Å². The molecule has 0 rings (SSSR count). The lowest BCUT2D eigenvalue weighted by Crippen LogP contribution is -2.28. The third kappa shape index (κ3) is 6.66. The molecule has 1 N–H and O–H groups in total. The van der Waals surface area contributed by atoms with Crippen molar-refractivity contribution >= 4 is 5.97 Å². The first-order chi connectivity index (χ1) is 6.57. The van der Waals surface area contributed by atoms with E-state index in [1.54, 1.807) is 0 Å². The predicted octanol–water partition coefficient (Wildman–Crippen LogP) is 1.74. The highest BCUT2D eigenvalue weighted by Crippen LogP contribution is 1.96. The molecule has 0 aliphatic heterocycles. The Balaban J connectivity index is 3.58. The Bertz CT molecular complexity index is 195. The van der Waals surface area contributed by atoms with Crippen LogP contribution in [-0.4, -0.2) is 25.7 Å². The van der Waals surface area contributed by atoms with Crippen LogP contribution in [0.5, 0.6) is 0 Å². The fourth-order valence-electron chi connectivity index (χ4n) is 0.944. The van der Waals surface area contributed by atoms with Gasteiger partial charge in [-0.05, 0) is 20.8 Å². The molecule has 3 heteroatoms. The summed E-state index contributed by atoms with van der Waals surface area (Å²) in [7, 11) is 0. The van der Waals surface area contributed by atoms with Crippen LogP contribution in [0.1, 0.15) is 27.7 Å². The van der Waals surface area contributed by atoms with Crippen LogP contribution in [0.25, 0.3) is 0 Å².